The Hall–Kier alpha value is -0.710. The highest BCUT2D eigenvalue weighted by molar-refractivity contribution is 5.86. The van der Waals surface area contributed by atoms with Gasteiger partial charge in [0.15, 0.2) is 0 Å². The van der Waals surface area contributed by atoms with Crippen LogP contribution in [0.1, 0.15) is 34.1 Å². The van der Waals surface area contributed by atoms with Crippen molar-refractivity contribution in [3.05, 3.63) is 11.8 Å². The van der Waals surface area contributed by atoms with Crippen LogP contribution in [0.2, 0.25) is 0 Å². The zero-order chi connectivity index (χ0) is 15.0. The van der Waals surface area contributed by atoms with E-state index in [1.165, 1.54) is 11.3 Å². The van der Waals surface area contributed by atoms with E-state index < -0.39 is 0 Å². The van der Waals surface area contributed by atoms with E-state index in [9.17, 15) is 0 Å². The minimum atomic E-state index is 0.267. The molecule has 1 N–H and O–H groups in total. The van der Waals surface area contributed by atoms with Crippen LogP contribution in [0.3, 0.4) is 0 Å². The van der Waals surface area contributed by atoms with E-state index in [4.69, 9.17) is 5.11 Å². The molecule has 0 unspecified atom stereocenters. The average Bonchev–Trinajstić information content (AvgIpc) is 2.41. The molecule has 0 aliphatic carbocycles. The molecule has 0 radical (unpaired) electrons. The largest absolute Gasteiger partial charge is 0.395 e. The monoisotopic (exact) mass is 281 g/mol. The number of nitrogens with zero attached hydrogens (tertiary/aromatic N) is 3. The van der Waals surface area contributed by atoms with Gasteiger partial charge in [-0.15, -0.1) is 0 Å². The number of aliphatic imine (C=N–C) groups is 1. The summed E-state index contributed by atoms with van der Waals surface area (Å²) in [6, 6.07) is 0. The molecule has 0 aromatic heterocycles. The lowest BCUT2D eigenvalue weighted by atomic mass is 10.1. The van der Waals surface area contributed by atoms with Crippen LogP contribution in [-0.2, 0) is 0 Å². The number of β-amino-alcohol motifs (C(OH)–C–C–N with tert-alkyl or cyclic N) is 1. The maximum absolute atomic E-state index is 8.94. The van der Waals surface area contributed by atoms with E-state index >= 15 is 0 Å². The van der Waals surface area contributed by atoms with Crippen molar-refractivity contribution in [2.75, 3.05) is 45.9 Å². The molecule has 116 valence electrons. The zero-order valence-electron chi connectivity index (χ0n) is 13.6. The van der Waals surface area contributed by atoms with Crippen LogP contribution in [0, 0.1) is 5.92 Å². The van der Waals surface area contributed by atoms with Crippen molar-refractivity contribution in [3.8, 4) is 0 Å². The maximum atomic E-state index is 8.94. The molecule has 0 aromatic carbocycles. The molecule has 4 heteroatoms. The number of aliphatic hydroxyl groups excluding tert-OH is 1. The molecule has 1 rings (SSSR count). The third-order valence-corrected chi connectivity index (χ3v) is 3.83. The van der Waals surface area contributed by atoms with Gasteiger partial charge >= 0.3 is 0 Å². The Morgan fingerprint density at radius 2 is 1.80 bits per heavy atom. The standard InChI is InChI=1S/C16H31N3O/c1-5-16(14(2)3)17-12-15(4)13-19-8-6-18(7-9-19)10-11-20/h12,14,20H,5-11,13H2,1-4H3/b15-12+,17-16+. The van der Waals surface area contributed by atoms with Gasteiger partial charge in [0.2, 0.25) is 0 Å². The van der Waals surface area contributed by atoms with Gasteiger partial charge in [-0.1, -0.05) is 20.8 Å². The lowest BCUT2D eigenvalue weighted by Crippen LogP contribution is -2.47. The Bertz CT molecular complexity index is 329. The summed E-state index contributed by atoms with van der Waals surface area (Å²) in [7, 11) is 0. The normalized spacial score (nSPS) is 19.9. The second kappa shape index (κ2) is 9.27. The second-order valence-electron chi connectivity index (χ2n) is 5.95. The summed E-state index contributed by atoms with van der Waals surface area (Å²) >= 11 is 0. The van der Waals surface area contributed by atoms with Crippen LogP contribution in [0.25, 0.3) is 0 Å². The van der Waals surface area contributed by atoms with Crippen molar-refractivity contribution in [2.45, 2.75) is 34.1 Å². The molecule has 1 aliphatic heterocycles. The van der Waals surface area contributed by atoms with Crippen LogP contribution >= 0.6 is 0 Å². The third kappa shape index (κ3) is 6.16. The van der Waals surface area contributed by atoms with Gasteiger partial charge in [0.25, 0.3) is 0 Å². The molecule has 0 amide bonds. The fourth-order valence-corrected chi connectivity index (χ4v) is 2.55. The zero-order valence-corrected chi connectivity index (χ0v) is 13.6. The molecule has 0 spiro atoms. The van der Waals surface area contributed by atoms with Crippen LogP contribution in [-0.4, -0.2) is 66.5 Å². The van der Waals surface area contributed by atoms with E-state index in [0.29, 0.717) is 5.92 Å². The van der Waals surface area contributed by atoms with E-state index in [0.717, 1.165) is 45.7 Å². The quantitative estimate of drug-likeness (QED) is 0.726. The summed E-state index contributed by atoms with van der Waals surface area (Å²) in [6.45, 7) is 15.1. The predicted octanol–water partition coefficient (Wildman–Crippen LogP) is 2.01. The lowest BCUT2D eigenvalue weighted by Gasteiger charge is -2.34. The summed E-state index contributed by atoms with van der Waals surface area (Å²) in [4.78, 5) is 9.43. The summed E-state index contributed by atoms with van der Waals surface area (Å²) in [5.41, 5.74) is 2.60. The fourth-order valence-electron chi connectivity index (χ4n) is 2.55. The molecule has 0 aromatic rings. The minimum Gasteiger partial charge on any atom is -0.395 e. The smallest absolute Gasteiger partial charge is 0.0558 e. The number of piperazine rings is 1. The Kier molecular flexibility index (Phi) is 8.04. The molecule has 0 saturated carbocycles. The third-order valence-electron chi connectivity index (χ3n) is 3.83. The van der Waals surface area contributed by atoms with Gasteiger partial charge in [-0.05, 0) is 24.8 Å². The maximum Gasteiger partial charge on any atom is 0.0558 e. The SMILES string of the molecule is CC/C(=N\C=C(/C)CN1CCN(CCO)CC1)C(C)C. The molecular formula is C16H31N3O. The van der Waals surface area contributed by atoms with E-state index in [-0.39, 0.29) is 6.61 Å². The molecule has 1 saturated heterocycles. The van der Waals surface area contributed by atoms with E-state index in [2.05, 4.69) is 42.5 Å². The number of hydrogen-bond acceptors (Lipinski definition) is 4. The summed E-state index contributed by atoms with van der Waals surface area (Å²) in [6.07, 6.45) is 3.07. The highest BCUT2D eigenvalue weighted by atomic mass is 16.3. The average molecular weight is 281 g/mol. The first kappa shape index (κ1) is 17.3. The Morgan fingerprint density at radius 1 is 1.20 bits per heavy atom. The van der Waals surface area contributed by atoms with Crippen molar-refractivity contribution in [1.29, 1.82) is 0 Å². The Balaban J connectivity index is 2.41. The molecule has 1 fully saturated rings. The molecular weight excluding hydrogens is 250 g/mol. The highest BCUT2D eigenvalue weighted by Gasteiger charge is 2.15. The van der Waals surface area contributed by atoms with Crippen LogP contribution in [0.5, 0.6) is 0 Å². The Morgan fingerprint density at radius 3 is 2.30 bits per heavy atom. The van der Waals surface area contributed by atoms with Crippen molar-refractivity contribution in [1.82, 2.24) is 9.80 Å². The first-order valence-corrected chi connectivity index (χ1v) is 7.84. The van der Waals surface area contributed by atoms with Crippen LogP contribution < -0.4 is 0 Å². The predicted molar refractivity (Wildman–Crippen MR) is 86.3 cm³/mol. The highest BCUT2D eigenvalue weighted by Crippen LogP contribution is 2.07. The van der Waals surface area contributed by atoms with Gasteiger partial charge in [0.1, 0.15) is 0 Å². The number of hydrogen-bond donors (Lipinski definition) is 1. The molecule has 4 nitrogen and oxygen atoms in total. The van der Waals surface area contributed by atoms with Gasteiger partial charge in [0, 0.05) is 51.2 Å². The summed E-state index contributed by atoms with van der Waals surface area (Å²) < 4.78 is 0. The van der Waals surface area contributed by atoms with Gasteiger partial charge in [-0.2, -0.15) is 0 Å². The lowest BCUT2D eigenvalue weighted by molar-refractivity contribution is 0.118. The Labute approximate surface area is 124 Å². The van der Waals surface area contributed by atoms with E-state index in [1.54, 1.807) is 0 Å². The van der Waals surface area contributed by atoms with Gasteiger partial charge in [-0.25, -0.2) is 0 Å². The topological polar surface area (TPSA) is 39.1 Å². The van der Waals surface area contributed by atoms with Crippen molar-refractivity contribution < 1.29 is 5.11 Å². The van der Waals surface area contributed by atoms with Crippen molar-refractivity contribution >= 4 is 5.71 Å². The second-order valence-corrected chi connectivity index (χ2v) is 5.95. The van der Waals surface area contributed by atoms with Gasteiger partial charge in [0.05, 0.1) is 6.61 Å². The summed E-state index contributed by atoms with van der Waals surface area (Å²) in [5.74, 6) is 0.533. The van der Waals surface area contributed by atoms with Crippen LogP contribution in [0.4, 0.5) is 0 Å². The molecule has 1 heterocycles. The van der Waals surface area contributed by atoms with Gasteiger partial charge < -0.3 is 5.11 Å². The van der Waals surface area contributed by atoms with Crippen molar-refractivity contribution in [2.24, 2.45) is 10.9 Å². The minimum absolute atomic E-state index is 0.267. The van der Waals surface area contributed by atoms with E-state index in [1.807, 2.05) is 6.20 Å². The molecule has 1 aliphatic rings. The summed E-state index contributed by atoms with van der Waals surface area (Å²) in [5, 5.41) is 8.94. The molecule has 0 atom stereocenters. The van der Waals surface area contributed by atoms with Crippen LogP contribution in [0.15, 0.2) is 16.8 Å². The first-order chi connectivity index (χ1) is 9.56. The molecule has 20 heavy (non-hydrogen) atoms. The number of aliphatic hydroxyl groups is 1. The van der Waals surface area contributed by atoms with Crippen molar-refractivity contribution in [3.63, 3.8) is 0 Å². The van der Waals surface area contributed by atoms with Gasteiger partial charge in [-0.3, -0.25) is 14.8 Å². The fraction of sp³-hybridized carbons (Fsp3) is 0.812. The first-order valence-electron chi connectivity index (χ1n) is 7.84. The number of rotatable bonds is 7. The molecule has 0 bridgehead atoms.